The van der Waals surface area contributed by atoms with Gasteiger partial charge in [0.05, 0.1) is 12.4 Å². The SMILES string of the molecule is CCN(CC(C)C)C(=O)c1cnc(C(=O)O)cn1. The molecule has 1 heterocycles. The molecular formula is C12H17N3O3. The molecule has 1 N–H and O–H groups in total. The lowest BCUT2D eigenvalue weighted by Gasteiger charge is -2.22. The molecule has 98 valence electrons. The van der Waals surface area contributed by atoms with Crippen molar-refractivity contribution in [2.75, 3.05) is 13.1 Å². The van der Waals surface area contributed by atoms with Crippen LogP contribution in [0.25, 0.3) is 0 Å². The molecule has 6 nitrogen and oxygen atoms in total. The zero-order valence-electron chi connectivity index (χ0n) is 10.8. The van der Waals surface area contributed by atoms with Crippen molar-refractivity contribution in [3.05, 3.63) is 23.8 Å². The molecule has 0 aromatic carbocycles. The number of hydrogen-bond acceptors (Lipinski definition) is 4. The first kappa shape index (κ1) is 14.1. The lowest BCUT2D eigenvalue weighted by Crippen LogP contribution is -2.34. The number of hydrogen-bond donors (Lipinski definition) is 1. The number of carboxylic acid groups (broad SMARTS) is 1. The van der Waals surface area contributed by atoms with E-state index < -0.39 is 5.97 Å². The molecule has 0 aliphatic rings. The number of nitrogens with zero attached hydrogens (tertiary/aromatic N) is 3. The number of aromatic nitrogens is 2. The van der Waals surface area contributed by atoms with Crippen LogP contribution in [-0.4, -0.2) is 44.9 Å². The van der Waals surface area contributed by atoms with Crippen molar-refractivity contribution in [3.8, 4) is 0 Å². The monoisotopic (exact) mass is 251 g/mol. The fourth-order valence-electron chi connectivity index (χ4n) is 1.51. The number of amides is 1. The second-order valence-corrected chi connectivity index (χ2v) is 4.33. The van der Waals surface area contributed by atoms with Crippen LogP contribution < -0.4 is 0 Å². The Morgan fingerprint density at radius 3 is 2.22 bits per heavy atom. The van der Waals surface area contributed by atoms with E-state index in [2.05, 4.69) is 9.97 Å². The average molecular weight is 251 g/mol. The van der Waals surface area contributed by atoms with Crippen molar-refractivity contribution in [1.82, 2.24) is 14.9 Å². The Hall–Kier alpha value is -1.98. The highest BCUT2D eigenvalue weighted by atomic mass is 16.4. The Bertz CT molecular complexity index is 429. The smallest absolute Gasteiger partial charge is 0.356 e. The topological polar surface area (TPSA) is 83.4 Å². The average Bonchev–Trinajstić information content (AvgIpc) is 2.35. The van der Waals surface area contributed by atoms with E-state index in [1.807, 2.05) is 20.8 Å². The Kier molecular flexibility index (Phi) is 4.76. The quantitative estimate of drug-likeness (QED) is 0.852. The number of carbonyl (C=O) groups is 2. The maximum atomic E-state index is 12.1. The maximum absolute atomic E-state index is 12.1. The van der Waals surface area contributed by atoms with E-state index in [9.17, 15) is 9.59 Å². The van der Waals surface area contributed by atoms with E-state index in [0.717, 1.165) is 6.20 Å². The molecule has 0 aliphatic heterocycles. The molecule has 1 amide bonds. The number of carboxylic acids is 1. The van der Waals surface area contributed by atoms with Crippen molar-refractivity contribution in [2.45, 2.75) is 20.8 Å². The summed E-state index contributed by atoms with van der Waals surface area (Å²) in [5.74, 6) is -1.02. The Labute approximate surface area is 106 Å². The Morgan fingerprint density at radius 1 is 1.28 bits per heavy atom. The summed E-state index contributed by atoms with van der Waals surface area (Å²) in [5, 5.41) is 8.69. The molecule has 0 fully saturated rings. The van der Waals surface area contributed by atoms with Crippen LogP contribution in [0.2, 0.25) is 0 Å². The van der Waals surface area contributed by atoms with Gasteiger partial charge in [0.15, 0.2) is 5.69 Å². The summed E-state index contributed by atoms with van der Waals surface area (Å²) in [4.78, 5) is 31.9. The maximum Gasteiger partial charge on any atom is 0.356 e. The molecular weight excluding hydrogens is 234 g/mol. The van der Waals surface area contributed by atoms with Crippen LogP contribution in [0.1, 0.15) is 41.7 Å². The van der Waals surface area contributed by atoms with Crippen LogP contribution in [0.3, 0.4) is 0 Å². The molecule has 0 radical (unpaired) electrons. The highest BCUT2D eigenvalue weighted by molar-refractivity contribution is 5.92. The highest BCUT2D eigenvalue weighted by Crippen LogP contribution is 2.05. The van der Waals surface area contributed by atoms with Gasteiger partial charge in [-0.2, -0.15) is 0 Å². The third-order valence-electron chi connectivity index (χ3n) is 2.34. The number of rotatable bonds is 5. The predicted octanol–water partition coefficient (Wildman–Crippen LogP) is 1.29. The van der Waals surface area contributed by atoms with Gasteiger partial charge >= 0.3 is 5.97 Å². The summed E-state index contributed by atoms with van der Waals surface area (Å²) in [5.41, 5.74) is 0.000887. The van der Waals surface area contributed by atoms with Gasteiger partial charge in [-0.3, -0.25) is 4.79 Å². The summed E-state index contributed by atoms with van der Waals surface area (Å²) in [6.07, 6.45) is 2.30. The third kappa shape index (κ3) is 3.51. The van der Waals surface area contributed by atoms with Gasteiger partial charge in [-0.1, -0.05) is 13.8 Å². The molecule has 0 unspecified atom stereocenters. The molecule has 1 aromatic rings. The molecule has 0 bridgehead atoms. The number of carbonyl (C=O) groups excluding carboxylic acids is 1. The van der Waals surface area contributed by atoms with E-state index in [1.165, 1.54) is 6.20 Å². The third-order valence-corrected chi connectivity index (χ3v) is 2.34. The predicted molar refractivity (Wildman–Crippen MR) is 65.4 cm³/mol. The van der Waals surface area contributed by atoms with Gasteiger partial charge in [-0.25, -0.2) is 14.8 Å². The first-order valence-electron chi connectivity index (χ1n) is 5.80. The van der Waals surface area contributed by atoms with E-state index in [1.54, 1.807) is 4.90 Å². The zero-order chi connectivity index (χ0) is 13.7. The molecule has 0 spiro atoms. The molecule has 0 saturated heterocycles. The molecule has 0 atom stereocenters. The Balaban J connectivity index is 2.85. The summed E-state index contributed by atoms with van der Waals surface area (Å²) >= 11 is 0. The standard InChI is InChI=1S/C12H17N3O3/c1-4-15(7-8(2)3)11(16)9-5-14-10(6-13-9)12(17)18/h5-6,8H,4,7H2,1-3H3,(H,17,18). The fourth-order valence-corrected chi connectivity index (χ4v) is 1.51. The summed E-state index contributed by atoms with van der Waals surface area (Å²) in [6.45, 7) is 7.15. The lowest BCUT2D eigenvalue weighted by molar-refractivity contribution is 0.0684. The van der Waals surface area contributed by atoms with E-state index in [-0.39, 0.29) is 17.3 Å². The van der Waals surface area contributed by atoms with Crippen molar-refractivity contribution < 1.29 is 14.7 Å². The minimum absolute atomic E-state index is 0.168. The van der Waals surface area contributed by atoms with Crippen LogP contribution in [0.4, 0.5) is 0 Å². The van der Waals surface area contributed by atoms with Crippen molar-refractivity contribution >= 4 is 11.9 Å². The summed E-state index contributed by atoms with van der Waals surface area (Å²) in [7, 11) is 0. The van der Waals surface area contributed by atoms with Crippen molar-refractivity contribution in [1.29, 1.82) is 0 Å². The zero-order valence-corrected chi connectivity index (χ0v) is 10.8. The number of aromatic carboxylic acids is 1. The largest absolute Gasteiger partial charge is 0.476 e. The van der Waals surface area contributed by atoms with Crippen LogP contribution in [0, 0.1) is 5.92 Å². The molecule has 1 rings (SSSR count). The summed E-state index contributed by atoms with van der Waals surface area (Å²) < 4.78 is 0. The second kappa shape index (κ2) is 6.09. The van der Waals surface area contributed by atoms with Crippen LogP contribution >= 0.6 is 0 Å². The van der Waals surface area contributed by atoms with Crippen LogP contribution in [-0.2, 0) is 0 Å². The van der Waals surface area contributed by atoms with Crippen molar-refractivity contribution in [2.24, 2.45) is 5.92 Å². The minimum atomic E-state index is -1.16. The molecule has 0 saturated carbocycles. The highest BCUT2D eigenvalue weighted by Gasteiger charge is 2.17. The van der Waals surface area contributed by atoms with E-state index >= 15 is 0 Å². The van der Waals surface area contributed by atoms with Gasteiger partial charge in [-0.05, 0) is 12.8 Å². The fraction of sp³-hybridized carbons (Fsp3) is 0.500. The lowest BCUT2D eigenvalue weighted by atomic mass is 10.2. The van der Waals surface area contributed by atoms with Gasteiger partial charge in [-0.15, -0.1) is 0 Å². The minimum Gasteiger partial charge on any atom is -0.476 e. The van der Waals surface area contributed by atoms with E-state index in [0.29, 0.717) is 19.0 Å². The van der Waals surface area contributed by atoms with Crippen LogP contribution in [0.5, 0.6) is 0 Å². The molecule has 18 heavy (non-hydrogen) atoms. The molecule has 1 aromatic heterocycles. The molecule has 6 heteroatoms. The van der Waals surface area contributed by atoms with Crippen molar-refractivity contribution in [3.63, 3.8) is 0 Å². The first-order valence-corrected chi connectivity index (χ1v) is 5.80. The van der Waals surface area contributed by atoms with Gasteiger partial charge in [0.2, 0.25) is 0 Å². The van der Waals surface area contributed by atoms with Gasteiger partial charge in [0.1, 0.15) is 5.69 Å². The normalized spacial score (nSPS) is 10.4. The summed E-state index contributed by atoms with van der Waals surface area (Å²) in [6, 6.07) is 0. The van der Waals surface area contributed by atoms with Crippen LogP contribution in [0.15, 0.2) is 12.4 Å². The van der Waals surface area contributed by atoms with Gasteiger partial charge in [0, 0.05) is 13.1 Å². The van der Waals surface area contributed by atoms with E-state index in [4.69, 9.17) is 5.11 Å². The molecule has 0 aliphatic carbocycles. The van der Waals surface area contributed by atoms with Gasteiger partial charge < -0.3 is 10.0 Å². The Morgan fingerprint density at radius 2 is 1.83 bits per heavy atom. The first-order chi connectivity index (χ1) is 8.45. The second-order valence-electron chi connectivity index (χ2n) is 4.33. The van der Waals surface area contributed by atoms with Gasteiger partial charge in [0.25, 0.3) is 5.91 Å².